The smallest absolute Gasteiger partial charge is 0.101 e. The van der Waals surface area contributed by atoms with E-state index in [9.17, 15) is 5.26 Å². The largest absolute Gasteiger partial charge is 0.380 e. The van der Waals surface area contributed by atoms with Crippen LogP contribution >= 0.6 is 11.6 Å². The molecule has 5 heteroatoms. The third-order valence-corrected chi connectivity index (χ3v) is 3.79. The number of aryl methyl sites for hydroxylation is 1. The van der Waals surface area contributed by atoms with Crippen molar-refractivity contribution >= 4 is 17.3 Å². The molecule has 4 nitrogen and oxygen atoms in total. The fourth-order valence-corrected chi connectivity index (χ4v) is 2.56. The van der Waals surface area contributed by atoms with Gasteiger partial charge in [-0.1, -0.05) is 29.8 Å². The average Bonchev–Trinajstić information content (AvgIpc) is 3.00. The van der Waals surface area contributed by atoms with Gasteiger partial charge < -0.3 is 5.32 Å². The van der Waals surface area contributed by atoms with Crippen molar-refractivity contribution in [1.29, 1.82) is 5.26 Å². The van der Waals surface area contributed by atoms with E-state index in [2.05, 4.69) is 34.7 Å². The molecule has 2 aromatic carbocycles. The molecular weight excluding hydrogens is 308 g/mol. The number of halogens is 1. The first-order valence-electron chi connectivity index (χ1n) is 7.17. The van der Waals surface area contributed by atoms with Crippen molar-refractivity contribution in [2.45, 2.75) is 6.54 Å². The molecule has 1 aromatic heterocycles. The van der Waals surface area contributed by atoms with E-state index in [1.807, 2.05) is 31.6 Å². The van der Waals surface area contributed by atoms with Crippen LogP contribution in [0.25, 0.3) is 11.1 Å². The summed E-state index contributed by atoms with van der Waals surface area (Å²) < 4.78 is 1.78. The minimum atomic E-state index is 0.543. The van der Waals surface area contributed by atoms with Crippen molar-refractivity contribution in [2.75, 3.05) is 5.32 Å². The molecule has 0 saturated heterocycles. The van der Waals surface area contributed by atoms with Crippen LogP contribution in [0.3, 0.4) is 0 Å². The minimum absolute atomic E-state index is 0.543. The highest BCUT2D eigenvalue weighted by Crippen LogP contribution is 2.22. The lowest BCUT2D eigenvalue weighted by atomic mass is 10.1. The lowest BCUT2D eigenvalue weighted by molar-refractivity contribution is 0.768. The quantitative estimate of drug-likeness (QED) is 0.782. The molecule has 0 atom stereocenters. The van der Waals surface area contributed by atoms with E-state index < -0.39 is 0 Å². The zero-order valence-electron chi connectivity index (χ0n) is 12.6. The summed E-state index contributed by atoms with van der Waals surface area (Å²) >= 11 is 5.92. The number of anilines is 1. The molecule has 3 rings (SSSR count). The molecule has 0 aliphatic carbocycles. The van der Waals surface area contributed by atoms with Crippen LogP contribution in [0.5, 0.6) is 0 Å². The van der Waals surface area contributed by atoms with E-state index in [0.717, 1.165) is 22.4 Å². The van der Waals surface area contributed by atoms with E-state index >= 15 is 0 Å². The molecule has 0 aliphatic rings. The number of benzene rings is 2. The second-order valence-corrected chi connectivity index (χ2v) is 5.69. The second kappa shape index (κ2) is 6.55. The molecule has 0 radical (unpaired) electrons. The zero-order chi connectivity index (χ0) is 16.2. The highest BCUT2D eigenvalue weighted by Gasteiger charge is 2.04. The Morgan fingerprint density at radius 2 is 2.09 bits per heavy atom. The van der Waals surface area contributed by atoms with Crippen molar-refractivity contribution in [3.63, 3.8) is 0 Å². The molecule has 0 amide bonds. The summed E-state index contributed by atoms with van der Waals surface area (Å²) in [6, 6.07) is 15.7. The zero-order valence-corrected chi connectivity index (χ0v) is 13.4. The summed E-state index contributed by atoms with van der Waals surface area (Å²) in [5.74, 6) is 0. The standard InChI is InChI=1S/C18H15ClN4/c1-23-12-16(11-22-23)14-4-2-3-13(7-14)10-21-18-6-5-17(19)8-15(18)9-20/h2-8,11-12,21H,10H2,1H3. The van der Waals surface area contributed by atoms with Crippen molar-refractivity contribution in [1.82, 2.24) is 9.78 Å². The van der Waals surface area contributed by atoms with Gasteiger partial charge in [-0.15, -0.1) is 0 Å². The fourth-order valence-electron chi connectivity index (χ4n) is 2.39. The number of hydrogen-bond acceptors (Lipinski definition) is 3. The second-order valence-electron chi connectivity index (χ2n) is 5.26. The first kappa shape index (κ1) is 15.1. The Morgan fingerprint density at radius 3 is 2.83 bits per heavy atom. The van der Waals surface area contributed by atoms with Crippen LogP contribution in [-0.2, 0) is 13.6 Å². The maximum Gasteiger partial charge on any atom is 0.101 e. The summed E-state index contributed by atoms with van der Waals surface area (Å²) in [6.07, 6.45) is 3.83. The highest BCUT2D eigenvalue weighted by molar-refractivity contribution is 6.30. The van der Waals surface area contributed by atoms with Gasteiger partial charge in [0, 0.05) is 30.4 Å². The molecule has 0 fully saturated rings. The van der Waals surface area contributed by atoms with Gasteiger partial charge in [-0.05, 0) is 35.4 Å². The van der Waals surface area contributed by atoms with Gasteiger partial charge in [-0.3, -0.25) is 4.68 Å². The maximum atomic E-state index is 9.18. The minimum Gasteiger partial charge on any atom is -0.380 e. The van der Waals surface area contributed by atoms with Crippen molar-refractivity contribution in [3.05, 3.63) is 71.0 Å². The van der Waals surface area contributed by atoms with Gasteiger partial charge in [0.1, 0.15) is 6.07 Å². The molecule has 1 heterocycles. The van der Waals surface area contributed by atoms with Gasteiger partial charge >= 0.3 is 0 Å². The third-order valence-electron chi connectivity index (χ3n) is 3.55. The van der Waals surface area contributed by atoms with Crippen molar-refractivity contribution in [3.8, 4) is 17.2 Å². The molecule has 0 unspecified atom stereocenters. The van der Waals surface area contributed by atoms with Gasteiger partial charge in [0.15, 0.2) is 0 Å². The summed E-state index contributed by atoms with van der Waals surface area (Å²) in [6.45, 7) is 0.629. The summed E-state index contributed by atoms with van der Waals surface area (Å²) in [4.78, 5) is 0. The Bertz CT molecular complexity index is 877. The maximum absolute atomic E-state index is 9.18. The molecule has 0 spiro atoms. The summed E-state index contributed by atoms with van der Waals surface area (Å²) in [5.41, 5.74) is 4.65. The molecule has 0 bridgehead atoms. The third kappa shape index (κ3) is 3.53. The molecule has 0 aliphatic heterocycles. The average molecular weight is 323 g/mol. The van der Waals surface area contributed by atoms with Crippen LogP contribution in [0.1, 0.15) is 11.1 Å². The van der Waals surface area contributed by atoms with E-state index in [-0.39, 0.29) is 0 Å². The van der Waals surface area contributed by atoms with Crippen LogP contribution in [-0.4, -0.2) is 9.78 Å². The van der Waals surface area contributed by atoms with Crippen molar-refractivity contribution in [2.24, 2.45) is 7.05 Å². The lowest BCUT2D eigenvalue weighted by Gasteiger charge is -2.09. The number of hydrogen-bond donors (Lipinski definition) is 1. The molecule has 114 valence electrons. The normalized spacial score (nSPS) is 10.3. The van der Waals surface area contributed by atoms with Gasteiger partial charge in [-0.2, -0.15) is 10.4 Å². The first-order chi connectivity index (χ1) is 11.2. The van der Waals surface area contributed by atoms with E-state index in [4.69, 9.17) is 11.6 Å². The lowest BCUT2D eigenvalue weighted by Crippen LogP contribution is -2.01. The Hall–Kier alpha value is -2.77. The molecule has 0 saturated carbocycles. The Balaban J connectivity index is 1.78. The van der Waals surface area contributed by atoms with Crippen LogP contribution in [0.15, 0.2) is 54.9 Å². The van der Waals surface area contributed by atoms with Crippen LogP contribution in [0.2, 0.25) is 5.02 Å². The highest BCUT2D eigenvalue weighted by atomic mass is 35.5. The van der Waals surface area contributed by atoms with Gasteiger partial charge in [-0.25, -0.2) is 0 Å². The summed E-state index contributed by atoms with van der Waals surface area (Å²) in [7, 11) is 1.90. The number of rotatable bonds is 4. The Kier molecular flexibility index (Phi) is 4.31. The van der Waals surface area contributed by atoms with Gasteiger partial charge in [0.25, 0.3) is 0 Å². The van der Waals surface area contributed by atoms with Crippen LogP contribution in [0.4, 0.5) is 5.69 Å². The van der Waals surface area contributed by atoms with Crippen LogP contribution < -0.4 is 5.32 Å². The molecule has 23 heavy (non-hydrogen) atoms. The fraction of sp³-hybridized carbons (Fsp3) is 0.111. The molecule has 3 aromatic rings. The predicted octanol–water partition coefficient (Wildman–Crippen LogP) is 4.22. The number of nitrogens with zero attached hydrogens (tertiary/aromatic N) is 3. The summed E-state index contributed by atoms with van der Waals surface area (Å²) in [5, 5.41) is 17.2. The van der Waals surface area contributed by atoms with E-state index in [1.54, 1.807) is 16.8 Å². The Labute approximate surface area is 139 Å². The van der Waals surface area contributed by atoms with E-state index in [1.165, 1.54) is 0 Å². The molecular formula is C18H15ClN4. The van der Waals surface area contributed by atoms with Gasteiger partial charge in [0.2, 0.25) is 0 Å². The number of nitrogens with one attached hydrogen (secondary N) is 1. The topological polar surface area (TPSA) is 53.6 Å². The monoisotopic (exact) mass is 322 g/mol. The Morgan fingerprint density at radius 1 is 1.22 bits per heavy atom. The van der Waals surface area contributed by atoms with Gasteiger partial charge in [0.05, 0.1) is 17.4 Å². The number of aromatic nitrogens is 2. The number of nitriles is 1. The van der Waals surface area contributed by atoms with Crippen LogP contribution in [0, 0.1) is 11.3 Å². The SMILES string of the molecule is Cn1cc(-c2cccc(CNc3ccc(Cl)cc3C#N)c2)cn1. The van der Waals surface area contributed by atoms with Crippen molar-refractivity contribution < 1.29 is 0 Å². The van der Waals surface area contributed by atoms with E-state index in [0.29, 0.717) is 17.1 Å². The molecule has 1 N–H and O–H groups in total. The predicted molar refractivity (Wildman–Crippen MR) is 92.1 cm³/mol. The first-order valence-corrected chi connectivity index (χ1v) is 7.55.